The van der Waals surface area contributed by atoms with Crippen LogP contribution >= 0.6 is 7.82 Å². The zero-order valence-corrected chi connectivity index (χ0v) is 50.1. The lowest BCUT2D eigenvalue weighted by atomic mass is 10.1. The van der Waals surface area contributed by atoms with Crippen molar-refractivity contribution in [1.29, 1.82) is 0 Å². The minimum absolute atomic E-state index is 0.0314. The van der Waals surface area contributed by atoms with Crippen LogP contribution in [0.4, 0.5) is 0 Å². The number of rotatable bonds is 54. The molecule has 0 saturated heterocycles. The van der Waals surface area contributed by atoms with Crippen molar-refractivity contribution in [2.75, 3.05) is 40.9 Å². The second-order valence-electron chi connectivity index (χ2n) is 21.5. The molecule has 0 spiro atoms. The van der Waals surface area contributed by atoms with E-state index < -0.39 is 26.6 Å². The molecule has 0 aliphatic rings. The Balaban J connectivity index is 5.23. The summed E-state index contributed by atoms with van der Waals surface area (Å²) >= 11 is 0. The fraction of sp³-hybridized carbons (Fsp3) is 0.723. The summed E-state index contributed by atoms with van der Waals surface area (Å²) in [5.74, 6) is -0.572. The zero-order chi connectivity index (χ0) is 55.0. The number of phosphoric acid groups is 1. The predicted octanol–water partition coefficient (Wildman–Crippen LogP) is 18.1. The first-order valence-electron chi connectivity index (χ1n) is 30.6. The molecule has 0 aromatic rings. The van der Waals surface area contributed by atoms with E-state index in [0.717, 1.165) is 103 Å². The Morgan fingerprint density at radius 3 is 1.41 bits per heavy atom. The summed E-state index contributed by atoms with van der Waals surface area (Å²) in [6.07, 6.45) is 72.3. The molecule has 0 fully saturated rings. The van der Waals surface area contributed by atoms with Gasteiger partial charge in [0, 0.05) is 12.8 Å². The van der Waals surface area contributed by atoms with Crippen LogP contribution in [0.3, 0.4) is 0 Å². The van der Waals surface area contributed by atoms with Crippen LogP contribution in [0.15, 0.2) is 97.2 Å². The van der Waals surface area contributed by atoms with Crippen LogP contribution < -0.4 is 10.2 Å². The van der Waals surface area contributed by atoms with E-state index >= 15 is 0 Å². The average molecular weight is 1070 g/mol. The molecule has 10 heteroatoms. The second-order valence-corrected chi connectivity index (χ2v) is 22.9. The molecule has 0 bridgehead atoms. The Morgan fingerprint density at radius 2 is 0.907 bits per heavy atom. The van der Waals surface area contributed by atoms with E-state index in [1.54, 1.807) is 0 Å². The minimum atomic E-state index is -4.71. The van der Waals surface area contributed by atoms with Crippen molar-refractivity contribution in [2.45, 2.75) is 264 Å². The minimum Gasteiger partial charge on any atom is -0.756 e. The summed E-state index contributed by atoms with van der Waals surface area (Å²) in [6.45, 7) is 6.65. The molecule has 1 amide bonds. The number of carbonyl (C=O) groups is 2. The highest BCUT2D eigenvalue weighted by Gasteiger charge is 2.27. The van der Waals surface area contributed by atoms with E-state index in [1.165, 1.54) is 109 Å². The van der Waals surface area contributed by atoms with Gasteiger partial charge in [0.1, 0.15) is 19.3 Å². The number of likely N-dealkylation sites (N-methyl/N-ethyl adjacent to an activating group) is 1. The van der Waals surface area contributed by atoms with Crippen molar-refractivity contribution >= 4 is 19.7 Å². The summed E-state index contributed by atoms with van der Waals surface area (Å²) in [6, 6.07) is -0.904. The quantitative estimate of drug-likeness (QED) is 0.0161. The third-order valence-corrected chi connectivity index (χ3v) is 14.0. The van der Waals surface area contributed by atoms with Gasteiger partial charge in [-0.1, -0.05) is 240 Å². The highest BCUT2D eigenvalue weighted by Crippen LogP contribution is 2.38. The maximum absolute atomic E-state index is 13.5. The standard InChI is InChI=1S/C65H115N2O7P/c1-7-10-13-16-19-22-25-27-29-30-31-32-33-34-35-36-38-40-43-46-49-52-55-58-65(69)74-63(56-53-50-47-44-41-24-21-18-15-12-9-3)62(61-73-75(70,71)72-60-59-67(4,5)6)66-64(68)57-54-51-48-45-42-39-37-28-26-23-20-17-14-11-8-2/h11,14,17,19-20,22-23,26-27,29,31-32,34-35,53,56,62-63H,7-10,12-13,15-16,18,21,24-25,28,30,33,36-52,54-55,57-61H2,1-6H3,(H-,66,68,70,71)/b14-11+,20-17+,22-19-,26-23+,29-27-,32-31-,35-34-,56-53-. The van der Waals surface area contributed by atoms with E-state index in [0.29, 0.717) is 23.9 Å². The highest BCUT2D eigenvalue weighted by atomic mass is 31.2. The van der Waals surface area contributed by atoms with E-state index in [-0.39, 0.29) is 24.9 Å². The molecule has 0 rings (SSSR count). The first-order chi connectivity index (χ1) is 36.4. The molecule has 1 N–H and O–H groups in total. The van der Waals surface area contributed by atoms with Crippen LogP contribution in [0.5, 0.6) is 0 Å². The van der Waals surface area contributed by atoms with E-state index in [9.17, 15) is 19.0 Å². The van der Waals surface area contributed by atoms with Gasteiger partial charge >= 0.3 is 5.97 Å². The summed E-state index contributed by atoms with van der Waals surface area (Å²) in [5, 5.41) is 3.01. The molecule has 3 atom stereocenters. The number of hydrogen-bond donors (Lipinski definition) is 1. The number of carbonyl (C=O) groups excluding carboxylic acids is 2. The number of nitrogens with zero attached hydrogens (tertiary/aromatic N) is 1. The predicted molar refractivity (Wildman–Crippen MR) is 321 cm³/mol. The van der Waals surface area contributed by atoms with Gasteiger partial charge in [-0.15, -0.1) is 0 Å². The highest BCUT2D eigenvalue weighted by molar-refractivity contribution is 7.45. The van der Waals surface area contributed by atoms with Gasteiger partial charge in [-0.3, -0.25) is 14.2 Å². The van der Waals surface area contributed by atoms with Crippen molar-refractivity contribution in [3.8, 4) is 0 Å². The van der Waals surface area contributed by atoms with Gasteiger partial charge in [0.2, 0.25) is 5.91 Å². The third kappa shape index (κ3) is 55.5. The number of quaternary nitrogens is 1. The van der Waals surface area contributed by atoms with Gasteiger partial charge in [-0.05, 0) is 96.0 Å². The van der Waals surface area contributed by atoms with Gasteiger partial charge in [-0.2, -0.15) is 0 Å². The van der Waals surface area contributed by atoms with Crippen molar-refractivity contribution in [3.05, 3.63) is 97.2 Å². The van der Waals surface area contributed by atoms with Crippen LogP contribution in [0.2, 0.25) is 0 Å². The Hall–Kier alpha value is -3.07. The molecule has 0 saturated carbocycles. The van der Waals surface area contributed by atoms with Gasteiger partial charge in [0.05, 0.1) is 33.8 Å². The normalized spacial score (nSPS) is 14.4. The van der Waals surface area contributed by atoms with Crippen molar-refractivity contribution in [2.24, 2.45) is 0 Å². The lowest BCUT2D eigenvalue weighted by molar-refractivity contribution is -0.870. The molecule has 9 nitrogen and oxygen atoms in total. The lowest BCUT2D eigenvalue weighted by Crippen LogP contribution is -2.47. The number of amides is 1. The fourth-order valence-electron chi connectivity index (χ4n) is 8.33. The molecule has 432 valence electrons. The van der Waals surface area contributed by atoms with Crippen LogP contribution in [0.25, 0.3) is 0 Å². The molecule has 0 aliphatic heterocycles. The number of allylic oxidation sites excluding steroid dienone is 15. The summed E-state index contributed by atoms with van der Waals surface area (Å²) in [5.41, 5.74) is 0. The second kappa shape index (κ2) is 54.3. The summed E-state index contributed by atoms with van der Waals surface area (Å²) in [4.78, 5) is 39.9. The number of nitrogens with one attached hydrogen (secondary N) is 1. The largest absolute Gasteiger partial charge is 0.756 e. The molecule has 0 heterocycles. The number of unbranched alkanes of at least 4 members (excludes halogenated alkanes) is 26. The molecule has 0 radical (unpaired) electrons. The maximum atomic E-state index is 13.5. The molecule has 0 aromatic heterocycles. The maximum Gasteiger partial charge on any atom is 0.306 e. The number of esters is 1. The molecular weight excluding hydrogens is 952 g/mol. The van der Waals surface area contributed by atoms with E-state index in [4.69, 9.17) is 13.8 Å². The van der Waals surface area contributed by atoms with Crippen molar-refractivity contribution in [1.82, 2.24) is 5.32 Å². The third-order valence-electron chi connectivity index (χ3n) is 13.1. The number of hydrogen-bond acceptors (Lipinski definition) is 7. The lowest BCUT2D eigenvalue weighted by Gasteiger charge is -2.30. The van der Waals surface area contributed by atoms with Crippen molar-refractivity contribution in [3.63, 3.8) is 0 Å². The van der Waals surface area contributed by atoms with Crippen LogP contribution in [-0.2, 0) is 27.9 Å². The van der Waals surface area contributed by atoms with E-state index in [1.807, 2.05) is 33.3 Å². The van der Waals surface area contributed by atoms with Gasteiger partial charge in [-0.25, -0.2) is 0 Å². The fourth-order valence-corrected chi connectivity index (χ4v) is 9.05. The Kier molecular flexibility index (Phi) is 52.1. The van der Waals surface area contributed by atoms with E-state index in [2.05, 4.69) is 111 Å². The monoisotopic (exact) mass is 1070 g/mol. The van der Waals surface area contributed by atoms with Gasteiger partial charge in [0.15, 0.2) is 0 Å². The SMILES string of the molecule is CC/C=C/C=C/C=C/CCCCCCCCCC(=O)NC(COP(=O)([O-])OCC[N+](C)(C)C)C(/C=C\CCCCCCCCCCC)OC(=O)CCCCCCCCC/C=C\C/C=C\C/C=C\C/C=C\CCCCC. The van der Waals surface area contributed by atoms with Gasteiger partial charge < -0.3 is 28.5 Å². The molecular formula is C65H115N2O7P. The Bertz CT molecular complexity index is 1610. The first-order valence-corrected chi connectivity index (χ1v) is 32.0. The molecule has 0 aliphatic carbocycles. The summed E-state index contributed by atoms with van der Waals surface area (Å²) < 4.78 is 30.3. The number of ether oxygens (including phenoxy) is 1. The molecule has 0 aromatic carbocycles. The van der Waals surface area contributed by atoms with Crippen LogP contribution in [0.1, 0.15) is 252 Å². The van der Waals surface area contributed by atoms with Crippen LogP contribution in [-0.4, -0.2) is 69.4 Å². The topological polar surface area (TPSA) is 114 Å². The summed E-state index contributed by atoms with van der Waals surface area (Å²) in [7, 11) is 1.16. The first kappa shape index (κ1) is 71.9. The number of phosphoric ester groups is 1. The average Bonchev–Trinajstić information content (AvgIpc) is 3.37. The molecule has 75 heavy (non-hydrogen) atoms. The Labute approximate surface area is 462 Å². The van der Waals surface area contributed by atoms with Gasteiger partial charge in [0.25, 0.3) is 7.82 Å². The smallest absolute Gasteiger partial charge is 0.306 e. The molecule has 3 unspecified atom stereocenters. The van der Waals surface area contributed by atoms with Crippen molar-refractivity contribution < 1.29 is 37.3 Å². The van der Waals surface area contributed by atoms with Crippen LogP contribution in [0, 0.1) is 0 Å². The Morgan fingerprint density at radius 1 is 0.493 bits per heavy atom. The zero-order valence-electron chi connectivity index (χ0n) is 49.2.